The van der Waals surface area contributed by atoms with Crippen LogP contribution in [0.25, 0.3) is 10.1 Å². The van der Waals surface area contributed by atoms with Gasteiger partial charge in [-0.2, -0.15) is 0 Å². The van der Waals surface area contributed by atoms with Crippen molar-refractivity contribution in [2.24, 2.45) is 5.92 Å². The number of carboxylic acids is 1. The number of carbonyl (C=O) groups excluding carboxylic acids is 1. The molecule has 0 bridgehead atoms. The maximum atomic E-state index is 12.0. The van der Waals surface area contributed by atoms with Crippen molar-refractivity contribution in [3.63, 3.8) is 0 Å². The Kier molecular flexibility index (Phi) is 5.55. The van der Waals surface area contributed by atoms with E-state index in [9.17, 15) is 9.59 Å². The third-order valence-electron chi connectivity index (χ3n) is 3.79. The van der Waals surface area contributed by atoms with Gasteiger partial charge in [-0.15, -0.1) is 11.3 Å². The van der Waals surface area contributed by atoms with Crippen molar-refractivity contribution in [3.8, 4) is 0 Å². The molecule has 1 aromatic heterocycles. The van der Waals surface area contributed by atoms with E-state index in [0.29, 0.717) is 6.42 Å². The SMILES string of the molecule is CC(CN(C)C(=O)CCCc1csc2ccccc12)C(=O)O. The van der Waals surface area contributed by atoms with Crippen LogP contribution in [-0.2, 0) is 16.0 Å². The van der Waals surface area contributed by atoms with Crippen LogP contribution >= 0.6 is 11.3 Å². The fourth-order valence-electron chi connectivity index (χ4n) is 2.44. The number of rotatable bonds is 7. The van der Waals surface area contributed by atoms with Crippen LogP contribution in [0.4, 0.5) is 0 Å². The highest BCUT2D eigenvalue weighted by Gasteiger charge is 2.17. The molecular weight excluding hydrogens is 298 g/mol. The zero-order valence-corrected chi connectivity index (χ0v) is 13.7. The normalized spacial score (nSPS) is 12.3. The molecule has 0 radical (unpaired) electrons. The topological polar surface area (TPSA) is 57.6 Å². The first-order chi connectivity index (χ1) is 10.5. The largest absolute Gasteiger partial charge is 0.481 e. The van der Waals surface area contributed by atoms with E-state index in [1.54, 1.807) is 25.3 Å². The van der Waals surface area contributed by atoms with E-state index in [1.807, 2.05) is 12.1 Å². The summed E-state index contributed by atoms with van der Waals surface area (Å²) < 4.78 is 1.27. The van der Waals surface area contributed by atoms with Gasteiger partial charge in [0.05, 0.1) is 5.92 Å². The molecule has 1 amide bonds. The lowest BCUT2D eigenvalue weighted by atomic mass is 10.1. The van der Waals surface area contributed by atoms with Gasteiger partial charge in [-0.05, 0) is 35.2 Å². The number of thiophene rings is 1. The number of aryl methyl sites for hydroxylation is 1. The van der Waals surface area contributed by atoms with Gasteiger partial charge in [-0.1, -0.05) is 25.1 Å². The van der Waals surface area contributed by atoms with E-state index in [4.69, 9.17) is 5.11 Å². The van der Waals surface area contributed by atoms with Crippen molar-refractivity contribution in [2.75, 3.05) is 13.6 Å². The van der Waals surface area contributed by atoms with E-state index in [2.05, 4.69) is 17.5 Å². The summed E-state index contributed by atoms with van der Waals surface area (Å²) in [6.45, 7) is 1.87. The molecule has 1 atom stereocenters. The Bertz CT molecular complexity index is 665. The molecule has 22 heavy (non-hydrogen) atoms. The lowest BCUT2D eigenvalue weighted by molar-refractivity contribution is -0.142. The zero-order valence-electron chi connectivity index (χ0n) is 12.9. The summed E-state index contributed by atoms with van der Waals surface area (Å²) >= 11 is 1.73. The Morgan fingerprint density at radius 2 is 2.05 bits per heavy atom. The van der Waals surface area contributed by atoms with Crippen molar-refractivity contribution in [3.05, 3.63) is 35.2 Å². The third kappa shape index (κ3) is 4.07. The van der Waals surface area contributed by atoms with Gasteiger partial charge in [0.25, 0.3) is 0 Å². The van der Waals surface area contributed by atoms with Gasteiger partial charge < -0.3 is 10.0 Å². The molecule has 0 aliphatic carbocycles. The molecule has 0 saturated heterocycles. The summed E-state index contributed by atoms with van der Waals surface area (Å²) in [5.74, 6) is -1.40. The summed E-state index contributed by atoms with van der Waals surface area (Å²) in [4.78, 5) is 24.4. The number of carboxylic acid groups (broad SMARTS) is 1. The van der Waals surface area contributed by atoms with E-state index >= 15 is 0 Å². The lowest BCUT2D eigenvalue weighted by Gasteiger charge is -2.19. The van der Waals surface area contributed by atoms with E-state index in [0.717, 1.165) is 12.8 Å². The molecule has 0 aliphatic rings. The van der Waals surface area contributed by atoms with Crippen molar-refractivity contribution in [1.82, 2.24) is 4.90 Å². The molecule has 118 valence electrons. The van der Waals surface area contributed by atoms with Gasteiger partial charge in [-0.25, -0.2) is 0 Å². The number of carbonyl (C=O) groups is 2. The zero-order chi connectivity index (χ0) is 16.1. The smallest absolute Gasteiger partial charge is 0.308 e. The number of fused-ring (bicyclic) bond motifs is 1. The fraction of sp³-hybridized carbons (Fsp3) is 0.412. The number of hydrogen-bond donors (Lipinski definition) is 1. The van der Waals surface area contributed by atoms with E-state index in [1.165, 1.54) is 20.5 Å². The second-order valence-electron chi connectivity index (χ2n) is 5.62. The molecule has 2 rings (SSSR count). The molecule has 0 spiro atoms. The predicted molar refractivity (Wildman–Crippen MR) is 89.2 cm³/mol. The van der Waals surface area contributed by atoms with Crippen LogP contribution < -0.4 is 0 Å². The lowest BCUT2D eigenvalue weighted by Crippen LogP contribution is -2.33. The van der Waals surface area contributed by atoms with Crippen LogP contribution in [0.1, 0.15) is 25.3 Å². The highest BCUT2D eigenvalue weighted by atomic mass is 32.1. The highest BCUT2D eigenvalue weighted by molar-refractivity contribution is 7.17. The van der Waals surface area contributed by atoms with Gasteiger partial charge in [0.2, 0.25) is 5.91 Å². The molecule has 0 aliphatic heterocycles. The second-order valence-corrected chi connectivity index (χ2v) is 6.54. The number of nitrogens with zero attached hydrogens (tertiary/aromatic N) is 1. The number of aliphatic carboxylic acids is 1. The molecule has 0 saturated carbocycles. The van der Waals surface area contributed by atoms with Crippen molar-refractivity contribution < 1.29 is 14.7 Å². The van der Waals surface area contributed by atoms with Gasteiger partial charge in [0.1, 0.15) is 0 Å². The van der Waals surface area contributed by atoms with E-state index < -0.39 is 11.9 Å². The van der Waals surface area contributed by atoms with Crippen molar-refractivity contribution >= 4 is 33.3 Å². The Hall–Kier alpha value is -1.88. The second kappa shape index (κ2) is 7.40. The number of amides is 1. The van der Waals surface area contributed by atoms with Gasteiger partial charge in [-0.3, -0.25) is 9.59 Å². The minimum atomic E-state index is -0.871. The first-order valence-corrected chi connectivity index (χ1v) is 8.29. The fourth-order valence-corrected chi connectivity index (χ4v) is 3.44. The molecule has 1 unspecified atom stereocenters. The predicted octanol–water partition coefficient (Wildman–Crippen LogP) is 3.40. The van der Waals surface area contributed by atoms with Crippen molar-refractivity contribution in [1.29, 1.82) is 0 Å². The van der Waals surface area contributed by atoms with Gasteiger partial charge in [0.15, 0.2) is 0 Å². The summed E-state index contributed by atoms with van der Waals surface area (Å²) in [6.07, 6.45) is 2.11. The van der Waals surface area contributed by atoms with Gasteiger partial charge >= 0.3 is 5.97 Å². The molecule has 2 aromatic rings. The molecular formula is C17H21NO3S. The molecule has 5 heteroatoms. The summed E-state index contributed by atoms with van der Waals surface area (Å²) in [5.41, 5.74) is 1.29. The Balaban J connectivity index is 1.83. The maximum Gasteiger partial charge on any atom is 0.308 e. The van der Waals surface area contributed by atoms with Crippen LogP contribution in [0.3, 0.4) is 0 Å². The summed E-state index contributed by atoms with van der Waals surface area (Å²) in [7, 11) is 1.67. The number of benzene rings is 1. The molecule has 1 aromatic carbocycles. The van der Waals surface area contributed by atoms with Crippen LogP contribution in [0.15, 0.2) is 29.6 Å². The van der Waals surface area contributed by atoms with Crippen LogP contribution in [0.5, 0.6) is 0 Å². The number of hydrogen-bond acceptors (Lipinski definition) is 3. The standard InChI is InChI=1S/C17H21NO3S/c1-12(17(20)21)10-18(2)16(19)9-5-6-13-11-22-15-8-4-3-7-14(13)15/h3-4,7-8,11-12H,5-6,9-10H2,1-2H3,(H,20,21). The van der Waals surface area contributed by atoms with Crippen molar-refractivity contribution in [2.45, 2.75) is 26.2 Å². The molecule has 0 fully saturated rings. The Labute approximate surface area is 134 Å². The van der Waals surface area contributed by atoms with Gasteiger partial charge in [0, 0.05) is 24.7 Å². The monoisotopic (exact) mass is 319 g/mol. The molecule has 1 heterocycles. The third-order valence-corrected chi connectivity index (χ3v) is 4.81. The minimum absolute atomic E-state index is 0.00707. The Morgan fingerprint density at radius 1 is 1.32 bits per heavy atom. The van der Waals surface area contributed by atoms with Crippen LogP contribution in [-0.4, -0.2) is 35.5 Å². The first-order valence-electron chi connectivity index (χ1n) is 7.41. The Morgan fingerprint density at radius 3 is 2.77 bits per heavy atom. The van der Waals surface area contributed by atoms with E-state index in [-0.39, 0.29) is 12.5 Å². The summed E-state index contributed by atoms with van der Waals surface area (Å²) in [5, 5.41) is 12.3. The summed E-state index contributed by atoms with van der Waals surface area (Å²) in [6, 6.07) is 8.29. The highest BCUT2D eigenvalue weighted by Crippen LogP contribution is 2.26. The van der Waals surface area contributed by atoms with Crippen LogP contribution in [0.2, 0.25) is 0 Å². The molecule has 1 N–H and O–H groups in total. The average Bonchev–Trinajstić information content (AvgIpc) is 2.90. The first kappa shape index (κ1) is 16.5. The molecule has 4 nitrogen and oxygen atoms in total. The maximum absolute atomic E-state index is 12.0. The quantitative estimate of drug-likeness (QED) is 0.851. The average molecular weight is 319 g/mol. The minimum Gasteiger partial charge on any atom is -0.481 e. The van der Waals surface area contributed by atoms with Crippen LogP contribution in [0, 0.1) is 5.92 Å².